The van der Waals surface area contributed by atoms with Crippen molar-refractivity contribution in [2.24, 2.45) is 4.99 Å². The van der Waals surface area contributed by atoms with Gasteiger partial charge in [-0.05, 0) is 61.0 Å². The number of halogens is 1. The molecule has 1 aromatic heterocycles. The lowest BCUT2D eigenvalue weighted by atomic mass is 10.0. The molecule has 0 bridgehead atoms. The van der Waals surface area contributed by atoms with Gasteiger partial charge in [-0.1, -0.05) is 30.3 Å². The van der Waals surface area contributed by atoms with Crippen molar-refractivity contribution in [1.82, 2.24) is 9.78 Å². The molecule has 0 radical (unpaired) electrons. The van der Waals surface area contributed by atoms with Crippen molar-refractivity contribution < 1.29 is 9.13 Å². The van der Waals surface area contributed by atoms with Crippen LogP contribution >= 0.6 is 0 Å². The molecule has 0 fully saturated rings. The molecule has 4 aromatic rings. The lowest BCUT2D eigenvalue weighted by molar-refractivity contribution is 0.415. The molecule has 0 atom stereocenters. The van der Waals surface area contributed by atoms with E-state index in [1.54, 1.807) is 19.2 Å². The summed E-state index contributed by atoms with van der Waals surface area (Å²) in [6.45, 7) is 2.17. The van der Waals surface area contributed by atoms with Gasteiger partial charge in [0, 0.05) is 11.3 Å². The van der Waals surface area contributed by atoms with E-state index in [1.165, 1.54) is 16.8 Å². The van der Waals surface area contributed by atoms with E-state index >= 15 is 0 Å². The molecule has 0 aliphatic heterocycles. The molecule has 0 saturated carbocycles. The van der Waals surface area contributed by atoms with Crippen LogP contribution < -0.4 is 10.3 Å². The molecule has 0 saturated heterocycles. The van der Waals surface area contributed by atoms with Gasteiger partial charge in [-0.25, -0.2) is 9.07 Å². The normalized spacial score (nSPS) is 11.5. The molecular weight excluding hydrogens is 393 g/mol. The standard InChI is InChI=1S/C25H22FN3O2/c1-17(27-16-18-8-12-20(26)13-9-18)23-24(19-10-14-22(31-2)15-11-19)28-29(25(23)30)21-6-4-3-5-7-21/h3-15,28H,16H2,1-2H3. The smallest absolute Gasteiger partial charge is 0.280 e. The van der Waals surface area contributed by atoms with Crippen LogP contribution in [0.1, 0.15) is 18.1 Å². The van der Waals surface area contributed by atoms with Gasteiger partial charge in [0.2, 0.25) is 0 Å². The highest BCUT2D eigenvalue weighted by molar-refractivity contribution is 6.03. The number of benzene rings is 3. The Hall–Kier alpha value is -3.93. The second-order valence-electron chi connectivity index (χ2n) is 7.09. The number of aliphatic imine (C=N–C) groups is 1. The molecule has 0 aliphatic rings. The largest absolute Gasteiger partial charge is 0.497 e. The van der Waals surface area contributed by atoms with Crippen LogP contribution in [0.2, 0.25) is 0 Å². The van der Waals surface area contributed by atoms with Crippen LogP contribution in [0, 0.1) is 5.82 Å². The molecule has 1 N–H and O–H groups in total. The van der Waals surface area contributed by atoms with E-state index in [1.807, 2.05) is 61.5 Å². The summed E-state index contributed by atoms with van der Waals surface area (Å²) >= 11 is 0. The third-order valence-corrected chi connectivity index (χ3v) is 5.06. The summed E-state index contributed by atoms with van der Waals surface area (Å²) < 4.78 is 19.9. The number of methoxy groups -OCH3 is 1. The highest BCUT2D eigenvalue weighted by Crippen LogP contribution is 2.24. The molecule has 0 aliphatic carbocycles. The van der Waals surface area contributed by atoms with Gasteiger partial charge in [-0.15, -0.1) is 0 Å². The van der Waals surface area contributed by atoms with Crippen molar-refractivity contribution in [2.75, 3.05) is 7.11 Å². The van der Waals surface area contributed by atoms with Crippen molar-refractivity contribution >= 4 is 5.71 Å². The maximum atomic E-state index is 13.4. The van der Waals surface area contributed by atoms with Crippen molar-refractivity contribution in [1.29, 1.82) is 0 Å². The number of para-hydroxylation sites is 1. The fourth-order valence-corrected chi connectivity index (χ4v) is 3.38. The van der Waals surface area contributed by atoms with Crippen molar-refractivity contribution in [2.45, 2.75) is 13.5 Å². The molecule has 31 heavy (non-hydrogen) atoms. The summed E-state index contributed by atoms with van der Waals surface area (Å²) in [6.07, 6.45) is 0. The number of ether oxygens (including phenoxy) is 1. The van der Waals surface area contributed by atoms with Gasteiger partial charge in [-0.3, -0.25) is 14.9 Å². The van der Waals surface area contributed by atoms with E-state index in [0.717, 1.165) is 22.6 Å². The summed E-state index contributed by atoms with van der Waals surface area (Å²) in [6, 6.07) is 23.1. The fourth-order valence-electron chi connectivity index (χ4n) is 3.38. The van der Waals surface area contributed by atoms with Gasteiger partial charge >= 0.3 is 0 Å². The average molecular weight is 415 g/mol. The number of H-pyrrole nitrogens is 1. The summed E-state index contributed by atoms with van der Waals surface area (Å²) in [7, 11) is 1.61. The SMILES string of the molecule is COc1ccc(-c2[nH]n(-c3ccccc3)c(=O)c2C(C)=NCc2ccc(F)cc2)cc1. The first-order valence-corrected chi connectivity index (χ1v) is 9.87. The zero-order valence-electron chi connectivity index (χ0n) is 17.3. The van der Waals surface area contributed by atoms with Gasteiger partial charge in [0.1, 0.15) is 11.6 Å². The van der Waals surface area contributed by atoms with E-state index in [4.69, 9.17) is 4.74 Å². The predicted molar refractivity (Wildman–Crippen MR) is 121 cm³/mol. The van der Waals surface area contributed by atoms with E-state index in [0.29, 0.717) is 23.5 Å². The van der Waals surface area contributed by atoms with E-state index in [-0.39, 0.29) is 11.4 Å². The molecule has 0 amide bonds. The van der Waals surface area contributed by atoms with Gasteiger partial charge in [0.05, 0.1) is 30.6 Å². The molecule has 1 heterocycles. The van der Waals surface area contributed by atoms with Gasteiger partial charge < -0.3 is 4.74 Å². The second kappa shape index (κ2) is 8.83. The summed E-state index contributed by atoms with van der Waals surface area (Å²) in [4.78, 5) is 18.0. The second-order valence-corrected chi connectivity index (χ2v) is 7.09. The molecule has 3 aromatic carbocycles. The Balaban J connectivity index is 1.80. The number of nitrogens with zero attached hydrogens (tertiary/aromatic N) is 2. The molecule has 0 spiro atoms. The first-order chi connectivity index (χ1) is 15.1. The third kappa shape index (κ3) is 4.33. The first-order valence-electron chi connectivity index (χ1n) is 9.87. The topological polar surface area (TPSA) is 59.4 Å². The minimum absolute atomic E-state index is 0.183. The van der Waals surface area contributed by atoms with E-state index < -0.39 is 0 Å². The lowest BCUT2D eigenvalue weighted by Gasteiger charge is -2.05. The maximum absolute atomic E-state index is 13.4. The molecular formula is C25H22FN3O2. The lowest BCUT2D eigenvalue weighted by Crippen LogP contribution is -2.19. The fraction of sp³-hybridized carbons (Fsp3) is 0.120. The zero-order valence-corrected chi connectivity index (χ0v) is 17.3. The molecule has 156 valence electrons. The minimum atomic E-state index is -0.289. The Bertz CT molecular complexity index is 1260. The van der Waals surface area contributed by atoms with Crippen LogP contribution in [-0.4, -0.2) is 22.6 Å². The van der Waals surface area contributed by atoms with Crippen LogP contribution in [0.4, 0.5) is 4.39 Å². The van der Waals surface area contributed by atoms with Crippen LogP contribution in [-0.2, 0) is 6.54 Å². The quantitative estimate of drug-likeness (QED) is 0.451. The minimum Gasteiger partial charge on any atom is -0.497 e. The Morgan fingerprint density at radius 1 is 1.00 bits per heavy atom. The molecule has 5 nitrogen and oxygen atoms in total. The van der Waals surface area contributed by atoms with Crippen LogP contribution in [0.15, 0.2) is 88.6 Å². The molecule has 0 unspecified atom stereocenters. The Morgan fingerprint density at radius 2 is 1.68 bits per heavy atom. The molecule has 4 rings (SSSR count). The summed E-state index contributed by atoms with van der Waals surface area (Å²) in [5.41, 5.74) is 4.04. The predicted octanol–water partition coefficient (Wildman–Crippen LogP) is 4.99. The van der Waals surface area contributed by atoms with Crippen LogP contribution in [0.5, 0.6) is 5.75 Å². The van der Waals surface area contributed by atoms with Gasteiger partial charge in [-0.2, -0.15) is 0 Å². The Labute approximate surface area is 179 Å². The van der Waals surface area contributed by atoms with E-state index in [2.05, 4.69) is 10.1 Å². The van der Waals surface area contributed by atoms with E-state index in [9.17, 15) is 9.18 Å². The van der Waals surface area contributed by atoms with Crippen molar-refractivity contribution in [3.05, 3.63) is 106 Å². The highest BCUT2D eigenvalue weighted by Gasteiger charge is 2.19. The number of nitrogens with one attached hydrogen (secondary N) is 1. The Morgan fingerprint density at radius 3 is 2.32 bits per heavy atom. The molecule has 6 heteroatoms. The van der Waals surface area contributed by atoms with Crippen molar-refractivity contribution in [3.63, 3.8) is 0 Å². The first kappa shape index (κ1) is 20.3. The number of aromatic amines is 1. The average Bonchev–Trinajstić information content (AvgIpc) is 3.16. The zero-order chi connectivity index (χ0) is 21.8. The van der Waals surface area contributed by atoms with Crippen LogP contribution in [0.25, 0.3) is 16.9 Å². The summed E-state index contributed by atoms with van der Waals surface area (Å²) in [5, 5.41) is 3.24. The number of rotatable bonds is 6. The van der Waals surface area contributed by atoms with Crippen LogP contribution in [0.3, 0.4) is 0 Å². The van der Waals surface area contributed by atoms with Crippen molar-refractivity contribution in [3.8, 4) is 22.7 Å². The Kier molecular flexibility index (Phi) is 5.80. The van der Waals surface area contributed by atoms with Gasteiger partial charge in [0.15, 0.2) is 0 Å². The summed E-state index contributed by atoms with van der Waals surface area (Å²) in [5.74, 6) is 0.444. The van der Waals surface area contributed by atoms with Gasteiger partial charge in [0.25, 0.3) is 5.56 Å². The number of aromatic nitrogens is 2. The highest BCUT2D eigenvalue weighted by atomic mass is 19.1. The monoisotopic (exact) mass is 415 g/mol. The maximum Gasteiger partial charge on any atom is 0.280 e. The number of hydrogen-bond donors (Lipinski definition) is 1. The number of hydrogen-bond acceptors (Lipinski definition) is 3. The third-order valence-electron chi connectivity index (χ3n) is 5.06.